The molecule has 16 heavy (non-hydrogen) atoms. The first-order valence-corrected chi connectivity index (χ1v) is 5.81. The molecule has 0 rings (SSSR count). The van der Waals surface area contributed by atoms with E-state index in [1.165, 1.54) is 0 Å². The monoisotopic (exact) mass is 232 g/mol. The molecular weight excluding hydrogens is 208 g/mol. The molecule has 0 unspecified atom stereocenters. The zero-order valence-electron chi connectivity index (χ0n) is 10.8. The highest BCUT2D eigenvalue weighted by molar-refractivity contribution is 5.73. The Bertz CT molecular complexity index is 196. The molecule has 0 radical (unpaired) electrons. The van der Waals surface area contributed by atoms with Crippen molar-refractivity contribution in [2.45, 2.75) is 39.9 Å². The lowest BCUT2D eigenvalue weighted by Gasteiger charge is -2.25. The number of nitrogens with one attached hydrogen (secondary N) is 2. The maximum absolute atomic E-state index is 11.0. The molecule has 0 aliphatic rings. The van der Waals surface area contributed by atoms with Crippen LogP contribution >= 0.6 is 0 Å². The molecule has 0 bridgehead atoms. The van der Waals surface area contributed by atoms with Gasteiger partial charge in [-0.3, -0.25) is 0 Å². The van der Waals surface area contributed by atoms with Gasteiger partial charge in [0.05, 0.1) is 6.61 Å². The topological polar surface area (TPSA) is 59.6 Å². The van der Waals surface area contributed by atoms with Gasteiger partial charge >= 0.3 is 6.03 Å². The van der Waals surface area contributed by atoms with Gasteiger partial charge in [-0.25, -0.2) is 4.79 Å². The molecule has 0 aliphatic carbocycles. The van der Waals surface area contributed by atoms with Crippen LogP contribution in [0.5, 0.6) is 0 Å². The molecule has 5 heteroatoms. The van der Waals surface area contributed by atoms with Crippen molar-refractivity contribution in [3.8, 4) is 0 Å². The highest BCUT2D eigenvalue weighted by atomic mass is 16.7. The van der Waals surface area contributed by atoms with Gasteiger partial charge < -0.3 is 20.1 Å². The molecular formula is C11H24N2O3. The summed E-state index contributed by atoms with van der Waals surface area (Å²) in [6.07, 6.45) is 0.962. The van der Waals surface area contributed by atoms with E-state index in [2.05, 4.69) is 10.6 Å². The van der Waals surface area contributed by atoms with Crippen LogP contribution in [0.4, 0.5) is 4.79 Å². The minimum absolute atomic E-state index is 0.168. The predicted molar refractivity (Wildman–Crippen MR) is 63.3 cm³/mol. The van der Waals surface area contributed by atoms with Gasteiger partial charge in [-0.1, -0.05) is 6.92 Å². The third-order valence-electron chi connectivity index (χ3n) is 1.83. The summed E-state index contributed by atoms with van der Waals surface area (Å²) < 4.78 is 11.0. The van der Waals surface area contributed by atoms with Crippen LogP contribution in [0.3, 0.4) is 0 Å². The van der Waals surface area contributed by atoms with E-state index >= 15 is 0 Å². The largest absolute Gasteiger partial charge is 0.351 e. The molecule has 96 valence electrons. The van der Waals surface area contributed by atoms with Gasteiger partial charge in [0.25, 0.3) is 0 Å². The Kier molecular flexibility index (Phi) is 7.93. The first kappa shape index (κ1) is 15.2. The van der Waals surface area contributed by atoms with E-state index in [9.17, 15) is 4.79 Å². The summed E-state index contributed by atoms with van der Waals surface area (Å²) in [4.78, 5) is 11.0. The van der Waals surface area contributed by atoms with Crippen molar-refractivity contribution in [1.82, 2.24) is 10.6 Å². The fourth-order valence-corrected chi connectivity index (χ4v) is 1.07. The molecule has 0 aromatic carbocycles. The number of hydrogen-bond donors (Lipinski definition) is 2. The number of amides is 2. The fourth-order valence-electron chi connectivity index (χ4n) is 1.07. The van der Waals surface area contributed by atoms with Crippen LogP contribution in [0.25, 0.3) is 0 Å². The van der Waals surface area contributed by atoms with Crippen molar-refractivity contribution in [2.24, 2.45) is 0 Å². The van der Waals surface area contributed by atoms with E-state index in [-0.39, 0.29) is 6.03 Å². The van der Waals surface area contributed by atoms with Gasteiger partial charge in [-0.2, -0.15) is 0 Å². The fraction of sp³-hybridized carbons (Fsp3) is 0.909. The summed E-state index contributed by atoms with van der Waals surface area (Å²) in [7, 11) is 0. The summed E-state index contributed by atoms with van der Waals surface area (Å²) in [6.45, 7) is 9.88. The SMILES string of the molecule is CCCOC(C)(C)OCCNC(=O)NCC. The Balaban J connectivity index is 3.52. The quantitative estimate of drug-likeness (QED) is 0.492. The van der Waals surface area contributed by atoms with Gasteiger partial charge in [-0.15, -0.1) is 0 Å². The summed E-state index contributed by atoms with van der Waals surface area (Å²) in [6, 6.07) is -0.168. The molecule has 0 saturated heterocycles. The Hall–Kier alpha value is -0.810. The number of hydrogen-bond acceptors (Lipinski definition) is 3. The number of urea groups is 1. The molecule has 5 nitrogen and oxygen atoms in total. The Morgan fingerprint density at radius 3 is 2.31 bits per heavy atom. The Morgan fingerprint density at radius 2 is 1.75 bits per heavy atom. The molecule has 2 amide bonds. The van der Waals surface area contributed by atoms with Crippen LogP contribution in [0, 0.1) is 0 Å². The summed E-state index contributed by atoms with van der Waals surface area (Å²) in [5.74, 6) is -0.584. The van der Waals surface area contributed by atoms with E-state index in [1.54, 1.807) is 0 Å². The lowest BCUT2D eigenvalue weighted by Crippen LogP contribution is -2.39. The second kappa shape index (κ2) is 8.35. The van der Waals surface area contributed by atoms with E-state index in [0.717, 1.165) is 6.42 Å². The molecule has 0 aromatic heterocycles. The predicted octanol–water partition coefficient (Wildman–Crippen LogP) is 1.48. The van der Waals surface area contributed by atoms with E-state index in [0.29, 0.717) is 26.3 Å². The highest BCUT2D eigenvalue weighted by Crippen LogP contribution is 2.10. The number of rotatable bonds is 8. The third kappa shape index (κ3) is 8.49. The first-order valence-electron chi connectivity index (χ1n) is 5.81. The number of ether oxygens (including phenoxy) is 2. The van der Waals surface area contributed by atoms with Crippen LogP contribution in [0.15, 0.2) is 0 Å². The van der Waals surface area contributed by atoms with Gasteiger partial charge in [-0.05, 0) is 27.2 Å². The maximum Gasteiger partial charge on any atom is 0.314 e. The van der Waals surface area contributed by atoms with Crippen molar-refractivity contribution in [3.63, 3.8) is 0 Å². The summed E-state index contributed by atoms with van der Waals surface area (Å²) >= 11 is 0. The maximum atomic E-state index is 11.0. The average molecular weight is 232 g/mol. The smallest absolute Gasteiger partial charge is 0.314 e. The van der Waals surface area contributed by atoms with Crippen molar-refractivity contribution in [3.05, 3.63) is 0 Å². The van der Waals surface area contributed by atoms with E-state index in [4.69, 9.17) is 9.47 Å². The second-order valence-corrected chi connectivity index (χ2v) is 3.88. The summed E-state index contributed by atoms with van der Waals surface area (Å²) in [5.41, 5.74) is 0. The Labute approximate surface area is 97.9 Å². The van der Waals surface area contributed by atoms with Crippen LogP contribution < -0.4 is 10.6 Å². The normalized spacial score (nSPS) is 11.2. The van der Waals surface area contributed by atoms with Crippen molar-refractivity contribution < 1.29 is 14.3 Å². The van der Waals surface area contributed by atoms with Crippen LogP contribution in [-0.2, 0) is 9.47 Å². The summed E-state index contributed by atoms with van der Waals surface area (Å²) in [5, 5.41) is 5.32. The van der Waals surface area contributed by atoms with E-state index < -0.39 is 5.79 Å². The average Bonchev–Trinajstić information content (AvgIpc) is 2.22. The lowest BCUT2D eigenvalue weighted by atomic mass is 10.4. The second-order valence-electron chi connectivity index (χ2n) is 3.88. The molecule has 0 aromatic rings. The zero-order valence-corrected chi connectivity index (χ0v) is 10.8. The molecule has 0 atom stereocenters. The minimum atomic E-state index is -0.584. The van der Waals surface area contributed by atoms with Crippen molar-refractivity contribution >= 4 is 6.03 Å². The van der Waals surface area contributed by atoms with Crippen LogP contribution in [-0.4, -0.2) is 38.1 Å². The first-order chi connectivity index (χ1) is 7.52. The molecule has 0 fully saturated rings. The van der Waals surface area contributed by atoms with Gasteiger partial charge in [0.1, 0.15) is 0 Å². The van der Waals surface area contributed by atoms with Gasteiger partial charge in [0.2, 0.25) is 0 Å². The van der Waals surface area contributed by atoms with Gasteiger partial charge in [0, 0.05) is 19.7 Å². The van der Waals surface area contributed by atoms with Crippen molar-refractivity contribution in [1.29, 1.82) is 0 Å². The number of carbonyl (C=O) groups is 1. The van der Waals surface area contributed by atoms with Crippen LogP contribution in [0.1, 0.15) is 34.1 Å². The molecule has 0 heterocycles. The molecule has 0 spiro atoms. The van der Waals surface area contributed by atoms with E-state index in [1.807, 2.05) is 27.7 Å². The molecule has 2 N–H and O–H groups in total. The lowest BCUT2D eigenvalue weighted by molar-refractivity contribution is -0.211. The highest BCUT2D eigenvalue weighted by Gasteiger charge is 2.17. The number of carbonyl (C=O) groups excluding carboxylic acids is 1. The molecule has 0 aliphatic heterocycles. The zero-order chi connectivity index (χ0) is 12.4. The Morgan fingerprint density at radius 1 is 1.12 bits per heavy atom. The third-order valence-corrected chi connectivity index (χ3v) is 1.83. The van der Waals surface area contributed by atoms with Gasteiger partial charge in [0.15, 0.2) is 5.79 Å². The molecule has 0 saturated carbocycles. The van der Waals surface area contributed by atoms with Crippen molar-refractivity contribution in [2.75, 3.05) is 26.3 Å². The standard InChI is InChI=1S/C11H24N2O3/c1-5-8-15-11(3,4)16-9-7-13-10(14)12-6-2/h5-9H2,1-4H3,(H2,12,13,14). The van der Waals surface area contributed by atoms with Crippen LogP contribution in [0.2, 0.25) is 0 Å². The minimum Gasteiger partial charge on any atom is -0.351 e.